The van der Waals surface area contributed by atoms with Crippen LogP contribution < -0.4 is 10.6 Å². The maximum Gasteiger partial charge on any atom is 0.237 e. The van der Waals surface area contributed by atoms with E-state index in [0.717, 1.165) is 16.8 Å². The quantitative estimate of drug-likeness (QED) is 0.890. The van der Waals surface area contributed by atoms with Gasteiger partial charge in [0.25, 0.3) is 0 Å². The summed E-state index contributed by atoms with van der Waals surface area (Å²) in [6, 6.07) is 3.74. The Bertz CT molecular complexity index is 827. The number of rotatable bonds is 2. The van der Waals surface area contributed by atoms with Crippen molar-refractivity contribution in [2.45, 2.75) is 40.0 Å². The number of ketones is 1. The van der Waals surface area contributed by atoms with Gasteiger partial charge in [0.2, 0.25) is 5.91 Å². The molecule has 122 valence electrons. The lowest BCUT2D eigenvalue weighted by atomic mass is 9.86. The topological polar surface area (TPSA) is 92.1 Å². The maximum absolute atomic E-state index is 12.8. The summed E-state index contributed by atoms with van der Waals surface area (Å²) in [4.78, 5) is 34.0. The number of carbonyl (C=O) groups excluding carboxylic acids is 2. The van der Waals surface area contributed by atoms with Crippen LogP contribution in [0.3, 0.4) is 0 Å². The summed E-state index contributed by atoms with van der Waals surface area (Å²) < 4.78 is 0. The number of anilines is 2. The molecule has 0 radical (unpaired) electrons. The third-order valence-corrected chi connectivity index (χ3v) is 4.50. The first-order chi connectivity index (χ1) is 10.5. The number of fused-ring (bicyclic) bond motifs is 2. The summed E-state index contributed by atoms with van der Waals surface area (Å²) in [5.74, 6) is 0.298. The molecule has 2 heterocycles. The Kier molecular flexibility index (Phi) is 3.08. The van der Waals surface area contributed by atoms with E-state index in [2.05, 4.69) is 9.97 Å². The van der Waals surface area contributed by atoms with Gasteiger partial charge in [-0.15, -0.1) is 0 Å². The molecule has 3 rings (SSSR count). The van der Waals surface area contributed by atoms with Crippen LogP contribution in [0.5, 0.6) is 0 Å². The van der Waals surface area contributed by atoms with E-state index in [4.69, 9.17) is 5.73 Å². The van der Waals surface area contributed by atoms with Crippen LogP contribution in [0.4, 0.5) is 11.6 Å². The Morgan fingerprint density at radius 1 is 1.35 bits per heavy atom. The van der Waals surface area contributed by atoms with Crippen LogP contribution in [-0.2, 0) is 15.0 Å². The number of H-pyrrole nitrogens is 1. The SMILES string of the molecule is CC(C)(C)C(=O)CN1C(=O)C(C)(C)c2cc3[nH]c(N)nc3cc21. The number of nitrogens with two attached hydrogens (primary N) is 1. The predicted molar refractivity (Wildman–Crippen MR) is 90.3 cm³/mol. The number of amides is 1. The molecular formula is C17H22N4O2. The number of benzene rings is 1. The highest BCUT2D eigenvalue weighted by molar-refractivity contribution is 6.12. The van der Waals surface area contributed by atoms with Gasteiger partial charge < -0.3 is 15.6 Å². The van der Waals surface area contributed by atoms with Gasteiger partial charge >= 0.3 is 0 Å². The van der Waals surface area contributed by atoms with Crippen molar-refractivity contribution >= 4 is 34.4 Å². The highest BCUT2D eigenvalue weighted by atomic mass is 16.2. The van der Waals surface area contributed by atoms with E-state index in [1.807, 2.05) is 46.8 Å². The van der Waals surface area contributed by atoms with E-state index in [-0.39, 0.29) is 18.2 Å². The summed E-state index contributed by atoms with van der Waals surface area (Å²) >= 11 is 0. The van der Waals surface area contributed by atoms with Crippen LogP contribution in [0.25, 0.3) is 11.0 Å². The molecule has 0 unspecified atom stereocenters. The summed E-state index contributed by atoms with van der Waals surface area (Å²) in [5, 5.41) is 0. The summed E-state index contributed by atoms with van der Waals surface area (Å²) in [7, 11) is 0. The number of carbonyl (C=O) groups is 2. The van der Waals surface area contributed by atoms with Crippen LogP contribution in [0.2, 0.25) is 0 Å². The van der Waals surface area contributed by atoms with Gasteiger partial charge in [0.05, 0.1) is 28.7 Å². The first-order valence-electron chi connectivity index (χ1n) is 7.67. The van der Waals surface area contributed by atoms with Crippen molar-refractivity contribution in [2.75, 3.05) is 17.2 Å². The van der Waals surface area contributed by atoms with Gasteiger partial charge in [-0.05, 0) is 31.5 Å². The lowest BCUT2D eigenvalue weighted by Gasteiger charge is -2.24. The molecule has 0 spiro atoms. The van der Waals surface area contributed by atoms with Crippen molar-refractivity contribution in [3.63, 3.8) is 0 Å². The van der Waals surface area contributed by atoms with E-state index < -0.39 is 10.8 Å². The second kappa shape index (κ2) is 4.57. The molecule has 2 aromatic rings. The van der Waals surface area contributed by atoms with Gasteiger partial charge in [-0.3, -0.25) is 9.59 Å². The number of hydrogen-bond acceptors (Lipinski definition) is 4. The van der Waals surface area contributed by atoms with E-state index in [0.29, 0.717) is 11.5 Å². The molecule has 1 aliphatic rings. The highest BCUT2D eigenvalue weighted by Crippen LogP contribution is 2.43. The van der Waals surface area contributed by atoms with Crippen molar-refractivity contribution < 1.29 is 9.59 Å². The summed E-state index contributed by atoms with van der Waals surface area (Å²) in [6.07, 6.45) is 0. The average molecular weight is 314 g/mol. The monoisotopic (exact) mass is 314 g/mol. The first kappa shape index (κ1) is 15.5. The minimum Gasteiger partial charge on any atom is -0.369 e. The van der Waals surface area contributed by atoms with Crippen molar-refractivity contribution in [1.82, 2.24) is 9.97 Å². The zero-order chi connectivity index (χ0) is 17.2. The van der Waals surface area contributed by atoms with Gasteiger partial charge in [-0.2, -0.15) is 0 Å². The minimum atomic E-state index is -0.679. The van der Waals surface area contributed by atoms with Gasteiger partial charge in [0, 0.05) is 5.41 Å². The molecule has 1 aliphatic heterocycles. The average Bonchev–Trinajstić information content (AvgIpc) is 2.86. The molecule has 1 aromatic heterocycles. The lowest BCUT2D eigenvalue weighted by Crippen LogP contribution is -2.42. The Morgan fingerprint density at radius 3 is 2.61 bits per heavy atom. The zero-order valence-corrected chi connectivity index (χ0v) is 14.2. The van der Waals surface area contributed by atoms with Crippen LogP contribution in [-0.4, -0.2) is 28.2 Å². The number of Topliss-reactive ketones (excluding diaryl/α,β-unsaturated/α-hetero) is 1. The normalized spacial score (nSPS) is 16.9. The van der Waals surface area contributed by atoms with Crippen molar-refractivity contribution in [1.29, 1.82) is 0 Å². The molecule has 0 aliphatic carbocycles. The molecular weight excluding hydrogens is 292 g/mol. The zero-order valence-electron chi connectivity index (χ0n) is 14.2. The highest BCUT2D eigenvalue weighted by Gasteiger charge is 2.45. The van der Waals surface area contributed by atoms with Crippen LogP contribution in [0.1, 0.15) is 40.2 Å². The van der Waals surface area contributed by atoms with E-state index in [1.165, 1.54) is 0 Å². The first-order valence-corrected chi connectivity index (χ1v) is 7.67. The minimum absolute atomic E-state index is 0.0242. The molecule has 0 bridgehead atoms. The van der Waals surface area contributed by atoms with Gasteiger partial charge in [0.1, 0.15) is 0 Å². The van der Waals surface area contributed by atoms with E-state index in [1.54, 1.807) is 4.90 Å². The third kappa shape index (κ3) is 2.29. The molecule has 0 saturated carbocycles. The molecule has 0 saturated heterocycles. The van der Waals surface area contributed by atoms with E-state index >= 15 is 0 Å². The van der Waals surface area contributed by atoms with Crippen LogP contribution in [0.15, 0.2) is 12.1 Å². The number of nitrogen functional groups attached to an aromatic ring is 1. The summed E-state index contributed by atoms with van der Waals surface area (Å²) in [6.45, 7) is 9.41. The Hall–Kier alpha value is -2.37. The van der Waals surface area contributed by atoms with Crippen molar-refractivity contribution in [3.8, 4) is 0 Å². The van der Waals surface area contributed by atoms with Crippen molar-refractivity contribution in [2.24, 2.45) is 5.41 Å². The number of nitrogens with zero attached hydrogens (tertiary/aromatic N) is 2. The van der Waals surface area contributed by atoms with E-state index in [9.17, 15) is 9.59 Å². The second-order valence-corrected chi connectivity index (χ2v) is 7.70. The molecule has 23 heavy (non-hydrogen) atoms. The van der Waals surface area contributed by atoms with Gasteiger partial charge in [-0.25, -0.2) is 4.98 Å². The fraction of sp³-hybridized carbons (Fsp3) is 0.471. The smallest absolute Gasteiger partial charge is 0.237 e. The fourth-order valence-electron chi connectivity index (χ4n) is 2.89. The molecule has 1 aromatic carbocycles. The molecule has 6 nitrogen and oxygen atoms in total. The van der Waals surface area contributed by atoms with Gasteiger partial charge in [0.15, 0.2) is 11.7 Å². The number of aromatic nitrogens is 2. The number of imidazole rings is 1. The molecule has 0 atom stereocenters. The second-order valence-electron chi connectivity index (χ2n) is 7.70. The maximum atomic E-state index is 12.8. The number of nitrogens with one attached hydrogen (secondary N) is 1. The lowest BCUT2D eigenvalue weighted by molar-refractivity contribution is -0.128. The molecule has 3 N–H and O–H groups in total. The fourth-order valence-corrected chi connectivity index (χ4v) is 2.89. The van der Waals surface area contributed by atoms with Crippen LogP contribution in [0, 0.1) is 5.41 Å². The Balaban J connectivity index is 2.12. The summed E-state index contributed by atoms with van der Waals surface area (Å²) in [5.41, 5.74) is 7.67. The number of hydrogen-bond donors (Lipinski definition) is 2. The Morgan fingerprint density at radius 2 is 2.00 bits per heavy atom. The molecule has 0 fully saturated rings. The largest absolute Gasteiger partial charge is 0.369 e. The molecule has 1 amide bonds. The van der Waals surface area contributed by atoms with Crippen LogP contribution >= 0.6 is 0 Å². The molecule has 6 heteroatoms. The standard InChI is InChI=1S/C17H22N4O2/c1-16(2,3)13(22)8-21-12-7-11-10(19-15(18)20-11)6-9(12)17(4,5)14(21)23/h6-7H,8H2,1-5H3,(H3,18,19,20). The van der Waals surface area contributed by atoms with Crippen molar-refractivity contribution in [3.05, 3.63) is 17.7 Å². The third-order valence-electron chi connectivity index (χ3n) is 4.50. The predicted octanol–water partition coefficient (Wildman–Crippen LogP) is 2.38. The Labute approximate surface area is 135 Å². The number of aromatic amines is 1. The van der Waals surface area contributed by atoms with Gasteiger partial charge in [-0.1, -0.05) is 20.8 Å².